The van der Waals surface area contributed by atoms with Crippen molar-refractivity contribution in [2.24, 2.45) is 0 Å². The maximum absolute atomic E-state index is 6.22. The number of methoxy groups -OCH3 is 1. The molecule has 2 aromatic rings. The third-order valence-electron chi connectivity index (χ3n) is 2.70. The number of benzene rings is 1. The molecule has 0 spiro atoms. The fraction of sp³-hybridized carbons (Fsp3) is 0.231. The molecule has 5 heteroatoms. The van der Waals surface area contributed by atoms with Crippen LogP contribution in [0.1, 0.15) is 16.5 Å². The molecule has 0 radical (unpaired) electrons. The summed E-state index contributed by atoms with van der Waals surface area (Å²) in [4.78, 5) is 1.09. The first kappa shape index (κ1) is 13.9. The summed E-state index contributed by atoms with van der Waals surface area (Å²) in [5.41, 5.74) is 1.07. The van der Waals surface area contributed by atoms with E-state index in [-0.39, 0.29) is 6.04 Å². The molecule has 1 atom stereocenters. The van der Waals surface area contributed by atoms with Crippen LogP contribution in [0.15, 0.2) is 34.1 Å². The van der Waals surface area contributed by atoms with Crippen molar-refractivity contribution in [1.82, 2.24) is 5.32 Å². The standard InChI is InChI=1S/C13H13BrClNOS/c1-16-12(13-10(15)5-6-18-13)9-7-8(14)3-4-11(9)17-2/h3-7,12,16H,1-2H3. The minimum atomic E-state index is 0.0324. The monoisotopic (exact) mass is 345 g/mol. The second kappa shape index (κ2) is 6.06. The lowest BCUT2D eigenvalue weighted by Gasteiger charge is -2.19. The highest BCUT2D eigenvalue weighted by atomic mass is 79.9. The van der Waals surface area contributed by atoms with Crippen LogP contribution in [0.4, 0.5) is 0 Å². The zero-order chi connectivity index (χ0) is 13.1. The lowest BCUT2D eigenvalue weighted by atomic mass is 10.0. The Morgan fingerprint density at radius 1 is 1.39 bits per heavy atom. The minimum absolute atomic E-state index is 0.0324. The van der Waals surface area contributed by atoms with Crippen molar-refractivity contribution in [3.63, 3.8) is 0 Å². The largest absolute Gasteiger partial charge is 0.496 e. The molecular weight excluding hydrogens is 334 g/mol. The van der Waals surface area contributed by atoms with E-state index in [9.17, 15) is 0 Å². The van der Waals surface area contributed by atoms with Gasteiger partial charge in [-0.05, 0) is 36.7 Å². The molecule has 0 amide bonds. The summed E-state index contributed by atoms with van der Waals surface area (Å²) in [6.07, 6.45) is 0. The quantitative estimate of drug-likeness (QED) is 0.881. The van der Waals surface area contributed by atoms with Crippen LogP contribution in [-0.2, 0) is 0 Å². The van der Waals surface area contributed by atoms with Gasteiger partial charge < -0.3 is 10.1 Å². The molecule has 1 heterocycles. The number of rotatable bonds is 4. The van der Waals surface area contributed by atoms with Gasteiger partial charge in [-0.3, -0.25) is 0 Å². The molecule has 1 unspecified atom stereocenters. The van der Waals surface area contributed by atoms with E-state index in [0.717, 1.165) is 25.7 Å². The van der Waals surface area contributed by atoms with Crippen LogP contribution in [0.3, 0.4) is 0 Å². The first-order valence-corrected chi connectivity index (χ1v) is 7.46. The summed E-state index contributed by atoms with van der Waals surface area (Å²) in [5.74, 6) is 0.849. The molecule has 1 N–H and O–H groups in total. The molecule has 96 valence electrons. The zero-order valence-corrected chi connectivity index (χ0v) is 13.2. The molecule has 0 aliphatic heterocycles. The molecule has 1 aromatic heterocycles. The summed E-state index contributed by atoms with van der Waals surface area (Å²) in [7, 11) is 3.59. The number of hydrogen-bond donors (Lipinski definition) is 1. The number of thiophene rings is 1. The molecule has 0 fully saturated rings. The second-order valence-corrected chi connectivity index (χ2v) is 6.01. The van der Waals surface area contributed by atoms with E-state index >= 15 is 0 Å². The van der Waals surface area contributed by atoms with Crippen molar-refractivity contribution < 1.29 is 4.74 Å². The van der Waals surface area contributed by atoms with Gasteiger partial charge in [0.2, 0.25) is 0 Å². The Bertz CT molecular complexity index is 544. The molecule has 0 aliphatic rings. The lowest BCUT2D eigenvalue weighted by Crippen LogP contribution is -2.17. The molecule has 2 rings (SSSR count). The number of ether oxygens (including phenoxy) is 1. The topological polar surface area (TPSA) is 21.3 Å². The normalized spacial score (nSPS) is 12.4. The smallest absolute Gasteiger partial charge is 0.124 e. The molecule has 18 heavy (non-hydrogen) atoms. The Labute approximate surface area is 124 Å². The summed E-state index contributed by atoms with van der Waals surface area (Å²) >= 11 is 11.3. The molecule has 0 saturated carbocycles. The number of hydrogen-bond acceptors (Lipinski definition) is 3. The summed E-state index contributed by atoms with van der Waals surface area (Å²) in [6.45, 7) is 0. The predicted octanol–water partition coefficient (Wildman–Crippen LogP) is 4.48. The van der Waals surface area contributed by atoms with Gasteiger partial charge in [0.1, 0.15) is 5.75 Å². The van der Waals surface area contributed by atoms with Crippen molar-refractivity contribution in [2.45, 2.75) is 6.04 Å². The number of nitrogens with one attached hydrogen (secondary N) is 1. The highest BCUT2D eigenvalue weighted by Crippen LogP contribution is 2.37. The Kier molecular flexibility index (Phi) is 4.67. The van der Waals surface area contributed by atoms with Crippen molar-refractivity contribution in [3.05, 3.63) is 49.6 Å². The van der Waals surface area contributed by atoms with Crippen LogP contribution in [0, 0.1) is 0 Å². The Morgan fingerprint density at radius 3 is 2.72 bits per heavy atom. The molecular formula is C13H13BrClNOS. The van der Waals surface area contributed by atoms with Gasteiger partial charge in [-0.2, -0.15) is 0 Å². The van der Waals surface area contributed by atoms with Crippen LogP contribution in [0.2, 0.25) is 5.02 Å². The van der Waals surface area contributed by atoms with Gasteiger partial charge in [-0.15, -0.1) is 11.3 Å². The fourth-order valence-electron chi connectivity index (χ4n) is 1.87. The van der Waals surface area contributed by atoms with Gasteiger partial charge in [0, 0.05) is 14.9 Å². The van der Waals surface area contributed by atoms with E-state index in [1.807, 2.05) is 30.6 Å². The van der Waals surface area contributed by atoms with E-state index in [0.29, 0.717) is 0 Å². The Hall–Kier alpha value is -0.550. The average Bonchev–Trinajstić information content (AvgIpc) is 2.77. The number of halogens is 2. The SMILES string of the molecule is CNC(c1cc(Br)ccc1OC)c1sccc1Cl. The first-order valence-electron chi connectivity index (χ1n) is 5.41. The van der Waals surface area contributed by atoms with Crippen molar-refractivity contribution >= 4 is 38.9 Å². The molecule has 2 nitrogen and oxygen atoms in total. The van der Waals surface area contributed by atoms with Crippen LogP contribution >= 0.6 is 38.9 Å². The molecule has 0 aliphatic carbocycles. The van der Waals surface area contributed by atoms with Gasteiger partial charge >= 0.3 is 0 Å². The average molecular weight is 347 g/mol. The van der Waals surface area contributed by atoms with Crippen molar-refractivity contribution in [1.29, 1.82) is 0 Å². The maximum Gasteiger partial charge on any atom is 0.124 e. The molecule has 0 saturated heterocycles. The van der Waals surface area contributed by atoms with Gasteiger partial charge in [0.15, 0.2) is 0 Å². The van der Waals surface area contributed by atoms with E-state index in [4.69, 9.17) is 16.3 Å². The zero-order valence-electron chi connectivity index (χ0n) is 10.0. The molecule has 1 aromatic carbocycles. The van der Waals surface area contributed by atoms with Gasteiger partial charge in [0.05, 0.1) is 18.2 Å². The van der Waals surface area contributed by atoms with Crippen LogP contribution < -0.4 is 10.1 Å². The first-order chi connectivity index (χ1) is 8.67. The van der Waals surface area contributed by atoms with Gasteiger partial charge in [0.25, 0.3) is 0 Å². The second-order valence-electron chi connectivity index (χ2n) is 3.74. The van der Waals surface area contributed by atoms with Gasteiger partial charge in [-0.1, -0.05) is 27.5 Å². The minimum Gasteiger partial charge on any atom is -0.496 e. The highest BCUT2D eigenvalue weighted by Gasteiger charge is 2.20. The summed E-state index contributed by atoms with van der Waals surface area (Å²) < 4.78 is 6.44. The van der Waals surface area contributed by atoms with Crippen LogP contribution in [0.5, 0.6) is 5.75 Å². The van der Waals surface area contributed by atoms with E-state index in [1.165, 1.54) is 0 Å². The third-order valence-corrected chi connectivity index (χ3v) is 4.61. The predicted molar refractivity (Wildman–Crippen MR) is 80.9 cm³/mol. The van der Waals surface area contributed by atoms with Crippen LogP contribution in [0.25, 0.3) is 0 Å². The Morgan fingerprint density at radius 2 is 2.17 bits per heavy atom. The van der Waals surface area contributed by atoms with Crippen LogP contribution in [-0.4, -0.2) is 14.2 Å². The fourth-order valence-corrected chi connectivity index (χ4v) is 3.54. The Balaban J connectivity index is 2.51. The van der Waals surface area contributed by atoms with E-state index in [2.05, 4.69) is 27.3 Å². The highest BCUT2D eigenvalue weighted by molar-refractivity contribution is 9.10. The maximum atomic E-state index is 6.22. The third kappa shape index (κ3) is 2.72. The summed E-state index contributed by atoms with van der Waals surface area (Å²) in [5, 5.41) is 6.06. The van der Waals surface area contributed by atoms with E-state index < -0.39 is 0 Å². The summed E-state index contributed by atoms with van der Waals surface area (Å²) in [6, 6.07) is 7.91. The van der Waals surface area contributed by atoms with Gasteiger partial charge in [-0.25, -0.2) is 0 Å². The lowest BCUT2D eigenvalue weighted by molar-refractivity contribution is 0.405. The van der Waals surface area contributed by atoms with E-state index in [1.54, 1.807) is 18.4 Å². The van der Waals surface area contributed by atoms with Crippen molar-refractivity contribution in [3.8, 4) is 5.75 Å². The van der Waals surface area contributed by atoms with Crippen molar-refractivity contribution in [2.75, 3.05) is 14.2 Å². The molecule has 0 bridgehead atoms.